The largest absolute Gasteiger partial charge is 0.338 e. The predicted molar refractivity (Wildman–Crippen MR) is 118 cm³/mol. The third-order valence-electron chi connectivity index (χ3n) is 4.39. The van der Waals surface area contributed by atoms with Crippen molar-refractivity contribution in [2.45, 2.75) is 6.92 Å². The molecule has 29 heavy (non-hydrogen) atoms. The number of benzene rings is 3. The zero-order valence-electron chi connectivity index (χ0n) is 15.4. The van der Waals surface area contributed by atoms with Crippen LogP contribution in [0.25, 0.3) is 22.4 Å². The zero-order valence-corrected chi connectivity index (χ0v) is 16.9. The second-order valence-electron chi connectivity index (χ2n) is 6.55. The second-order valence-corrected chi connectivity index (χ2v) is 7.39. The molecule has 4 aromatic rings. The van der Waals surface area contributed by atoms with Crippen molar-refractivity contribution in [2.24, 2.45) is 5.10 Å². The first-order valence-electron chi connectivity index (χ1n) is 8.85. The maximum absolute atomic E-state index is 12.3. The van der Waals surface area contributed by atoms with Crippen LogP contribution in [0.1, 0.15) is 21.5 Å². The summed E-state index contributed by atoms with van der Waals surface area (Å²) in [5, 5.41) is 4.95. The van der Waals surface area contributed by atoms with Crippen molar-refractivity contribution in [2.75, 3.05) is 0 Å². The molecule has 2 N–H and O–H groups in total. The Balaban J connectivity index is 1.46. The minimum atomic E-state index is -0.321. The van der Waals surface area contributed by atoms with Gasteiger partial charge in [0.2, 0.25) is 0 Å². The molecule has 0 aliphatic rings. The molecule has 7 heteroatoms. The molecule has 0 radical (unpaired) electrons. The van der Waals surface area contributed by atoms with Gasteiger partial charge in [0.1, 0.15) is 5.82 Å². The molecule has 0 atom stereocenters. The molecule has 3 aromatic carbocycles. The van der Waals surface area contributed by atoms with Crippen LogP contribution in [0.3, 0.4) is 0 Å². The van der Waals surface area contributed by atoms with Gasteiger partial charge in [0.05, 0.1) is 22.3 Å². The van der Waals surface area contributed by atoms with Crippen LogP contribution in [0.4, 0.5) is 0 Å². The number of carbonyl (C=O) groups is 1. The van der Waals surface area contributed by atoms with Gasteiger partial charge >= 0.3 is 0 Å². The van der Waals surface area contributed by atoms with Crippen LogP contribution in [-0.2, 0) is 0 Å². The second kappa shape index (κ2) is 8.07. The maximum Gasteiger partial charge on any atom is 0.271 e. The number of H-pyrrole nitrogens is 1. The molecule has 5 nitrogen and oxygen atoms in total. The highest BCUT2D eigenvalue weighted by Crippen LogP contribution is 2.22. The Kier molecular flexibility index (Phi) is 5.34. The fourth-order valence-electron chi connectivity index (χ4n) is 2.87. The number of aromatic amines is 1. The lowest BCUT2D eigenvalue weighted by Gasteiger charge is -2.02. The highest BCUT2D eigenvalue weighted by atomic mass is 35.5. The summed E-state index contributed by atoms with van der Waals surface area (Å²) >= 11 is 11.9. The van der Waals surface area contributed by atoms with Gasteiger partial charge in [-0.15, -0.1) is 0 Å². The highest BCUT2D eigenvalue weighted by Gasteiger charge is 2.08. The summed E-state index contributed by atoms with van der Waals surface area (Å²) < 4.78 is 0. The molecular weight excluding hydrogens is 407 g/mol. The van der Waals surface area contributed by atoms with E-state index in [1.165, 1.54) is 11.8 Å². The first kappa shape index (κ1) is 19.2. The van der Waals surface area contributed by atoms with E-state index in [0.29, 0.717) is 21.2 Å². The Hall–Kier alpha value is -3.15. The molecule has 1 amide bonds. The van der Waals surface area contributed by atoms with Gasteiger partial charge in [-0.1, -0.05) is 47.5 Å². The summed E-state index contributed by atoms with van der Waals surface area (Å²) in [7, 11) is 0. The Bertz CT molecular complexity index is 1230. The molecule has 0 saturated carbocycles. The van der Waals surface area contributed by atoms with Crippen molar-refractivity contribution in [1.82, 2.24) is 15.4 Å². The standard InChI is InChI=1S/C22H16Cl2N4O/c1-13-2-9-19-20(10-13)27-21(26-19)14-3-5-15(6-4-14)22(29)28-25-12-16-7-8-17(23)11-18(16)24/h2-12H,1H3,(H,26,27)(H,28,29)/b25-12-. The molecule has 144 valence electrons. The predicted octanol–water partition coefficient (Wildman–Crippen LogP) is 5.61. The lowest BCUT2D eigenvalue weighted by atomic mass is 10.1. The monoisotopic (exact) mass is 422 g/mol. The molecule has 1 heterocycles. The van der Waals surface area contributed by atoms with Gasteiger partial charge in [0.15, 0.2) is 0 Å². The minimum absolute atomic E-state index is 0.321. The van der Waals surface area contributed by atoms with Gasteiger partial charge < -0.3 is 4.98 Å². The van der Waals surface area contributed by atoms with Crippen LogP contribution in [0.5, 0.6) is 0 Å². The molecule has 0 spiro atoms. The molecule has 0 aliphatic heterocycles. The van der Waals surface area contributed by atoms with E-state index in [4.69, 9.17) is 23.2 Å². The van der Waals surface area contributed by atoms with E-state index in [9.17, 15) is 4.79 Å². The first-order chi connectivity index (χ1) is 14.0. The average molecular weight is 423 g/mol. The minimum Gasteiger partial charge on any atom is -0.338 e. The Morgan fingerprint density at radius 2 is 1.86 bits per heavy atom. The van der Waals surface area contributed by atoms with Crippen molar-refractivity contribution in [3.05, 3.63) is 87.4 Å². The summed E-state index contributed by atoms with van der Waals surface area (Å²) in [6, 6.07) is 18.3. The number of hydrogen-bond acceptors (Lipinski definition) is 3. The summed E-state index contributed by atoms with van der Waals surface area (Å²) in [5.74, 6) is 0.436. The number of hydrogen-bond donors (Lipinski definition) is 2. The molecule has 0 fully saturated rings. The highest BCUT2D eigenvalue weighted by molar-refractivity contribution is 6.36. The molecule has 0 unspecified atom stereocenters. The summed E-state index contributed by atoms with van der Waals surface area (Å²) in [6.45, 7) is 2.04. The van der Waals surface area contributed by atoms with E-state index in [1.54, 1.807) is 30.3 Å². The Labute approximate surface area is 177 Å². The van der Waals surface area contributed by atoms with Crippen LogP contribution >= 0.6 is 23.2 Å². The maximum atomic E-state index is 12.3. The summed E-state index contributed by atoms with van der Waals surface area (Å²) in [5.41, 5.74) is 7.59. The lowest BCUT2D eigenvalue weighted by molar-refractivity contribution is 0.0955. The van der Waals surface area contributed by atoms with Crippen molar-refractivity contribution < 1.29 is 4.79 Å². The molecular formula is C22H16Cl2N4O. The normalized spacial score (nSPS) is 11.3. The van der Waals surface area contributed by atoms with Gasteiger partial charge in [-0.3, -0.25) is 4.79 Å². The van der Waals surface area contributed by atoms with Crippen LogP contribution in [0.15, 0.2) is 65.8 Å². The number of fused-ring (bicyclic) bond motifs is 1. The van der Waals surface area contributed by atoms with Crippen molar-refractivity contribution >= 4 is 46.4 Å². The number of aryl methyl sites for hydroxylation is 1. The van der Waals surface area contributed by atoms with E-state index in [-0.39, 0.29) is 5.91 Å². The fourth-order valence-corrected chi connectivity index (χ4v) is 3.33. The number of rotatable bonds is 4. The van der Waals surface area contributed by atoms with Crippen LogP contribution in [-0.4, -0.2) is 22.1 Å². The number of aromatic nitrogens is 2. The van der Waals surface area contributed by atoms with Crippen molar-refractivity contribution in [1.29, 1.82) is 0 Å². The van der Waals surface area contributed by atoms with E-state index < -0.39 is 0 Å². The van der Waals surface area contributed by atoms with Crippen molar-refractivity contribution in [3.8, 4) is 11.4 Å². The van der Waals surface area contributed by atoms with Gasteiger partial charge in [-0.25, -0.2) is 10.4 Å². The van der Waals surface area contributed by atoms with Crippen LogP contribution in [0, 0.1) is 6.92 Å². The van der Waals surface area contributed by atoms with Gasteiger partial charge in [-0.2, -0.15) is 5.10 Å². The van der Waals surface area contributed by atoms with Crippen LogP contribution < -0.4 is 5.43 Å². The third-order valence-corrected chi connectivity index (χ3v) is 4.95. The Morgan fingerprint density at radius 1 is 1.07 bits per heavy atom. The molecule has 0 saturated heterocycles. The smallest absolute Gasteiger partial charge is 0.271 e. The van der Waals surface area contributed by atoms with Gasteiger partial charge in [0.25, 0.3) is 5.91 Å². The number of imidazole rings is 1. The van der Waals surface area contributed by atoms with Crippen molar-refractivity contribution in [3.63, 3.8) is 0 Å². The van der Waals surface area contributed by atoms with Crippen LogP contribution in [0.2, 0.25) is 10.0 Å². The zero-order chi connectivity index (χ0) is 20.4. The van der Waals surface area contributed by atoms with E-state index in [2.05, 4.69) is 26.6 Å². The number of carbonyl (C=O) groups excluding carboxylic acids is 1. The van der Waals surface area contributed by atoms with E-state index >= 15 is 0 Å². The SMILES string of the molecule is Cc1ccc2nc(-c3ccc(C(=O)N/N=C\c4ccc(Cl)cc4Cl)cc3)[nH]c2c1. The van der Waals surface area contributed by atoms with E-state index in [1.807, 2.05) is 31.2 Å². The molecule has 0 bridgehead atoms. The lowest BCUT2D eigenvalue weighted by Crippen LogP contribution is -2.17. The third kappa shape index (κ3) is 4.31. The fraction of sp³-hybridized carbons (Fsp3) is 0.0455. The summed E-state index contributed by atoms with van der Waals surface area (Å²) in [6.07, 6.45) is 1.47. The first-order valence-corrected chi connectivity index (χ1v) is 9.60. The molecule has 0 aliphatic carbocycles. The van der Waals surface area contributed by atoms with E-state index in [0.717, 1.165) is 22.4 Å². The average Bonchev–Trinajstić information content (AvgIpc) is 3.13. The quantitative estimate of drug-likeness (QED) is 0.331. The number of hydrazone groups is 1. The Morgan fingerprint density at radius 3 is 2.62 bits per heavy atom. The topological polar surface area (TPSA) is 70.1 Å². The number of nitrogens with one attached hydrogen (secondary N) is 2. The number of amides is 1. The molecule has 1 aromatic heterocycles. The number of halogens is 2. The number of nitrogens with zero attached hydrogens (tertiary/aromatic N) is 2. The van der Waals surface area contributed by atoms with Gasteiger partial charge in [-0.05, 0) is 48.9 Å². The summed E-state index contributed by atoms with van der Waals surface area (Å²) in [4.78, 5) is 20.2. The van der Waals surface area contributed by atoms with Gasteiger partial charge in [0, 0.05) is 21.7 Å². The molecule has 4 rings (SSSR count).